The summed E-state index contributed by atoms with van der Waals surface area (Å²) < 4.78 is 37.1. The third-order valence-electron chi connectivity index (χ3n) is 3.57. The number of hydrogen-bond acceptors (Lipinski definition) is 5. The van der Waals surface area contributed by atoms with Gasteiger partial charge in [-0.2, -0.15) is 4.31 Å². The van der Waals surface area contributed by atoms with Crippen molar-refractivity contribution in [3.63, 3.8) is 0 Å². The second-order valence-electron chi connectivity index (χ2n) is 5.72. The van der Waals surface area contributed by atoms with Crippen LogP contribution in [0, 0.1) is 0 Å². The Balaban J connectivity index is 2.03. The van der Waals surface area contributed by atoms with Crippen LogP contribution in [0.4, 0.5) is 16.2 Å². The lowest BCUT2D eigenvalue weighted by atomic mass is 10.3. The first-order valence-electron chi connectivity index (χ1n) is 7.64. The third kappa shape index (κ3) is 3.12. The van der Waals surface area contributed by atoms with E-state index in [4.69, 9.17) is 9.47 Å². The average Bonchev–Trinajstić information content (AvgIpc) is 2.54. The van der Waals surface area contributed by atoms with Gasteiger partial charge in [0.25, 0.3) is 10.0 Å². The minimum Gasteiger partial charge on any atom is -0.497 e. The molecule has 3 rings (SSSR count). The Labute approximate surface area is 146 Å². The van der Waals surface area contributed by atoms with Crippen LogP contribution in [0.1, 0.15) is 13.8 Å². The number of anilines is 2. The molecule has 1 aliphatic heterocycles. The minimum atomic E-state index is -4.02. The van der Waals surface area contributed by atoms with Crippen molar-refractivity contribution in [1.29, 1.82) is 0 Å². The van der Waals surface area contributed by atoms with Crippen LogP contribution in [0.15, 0.2) is 47.4 Å². The van der Waals surface area contributed by atoms with Crippen LogP contribution >= 0.6 is 0 Å². The van der Waals surface area contributed by atoms with Crippen molar-refractivity contribution < 1.29 is 22.7 Å². The smallest absolute Gasteiger partial charge is 0.340 e. The highest BCUT2D eigenvalue weighted by atomic mass is 32.2. The summed E-state index contributed by atoms with van der Waals surface area (Å²) in [6.07, 6.45) is -0.0650. The van der Waals surface area contributed by atoms with Gasteiger partial charge in [0.1, 0.15) is 16.4 Å². The molecule has 0 saturated heterocycles. The van der Waals surface area contributed by atoms with E-state index in [0.29, 0.717) is 11.5 Å². The molecule has 132 valence electrons. The maximum Gasteiger partial charge on any atom is 0.340 e. The monoisotopic (exact) mass is 362 g/mol. The molecule has 0 radical (unpaired) electrons. The number of nitrogens with zero attached hydrogens (tertiary/aromatic N) is 1. The molecule has 0 unspecified atom stereocenters. The van der Waals surface area contributed by atoms with Crippen LogP contribution in [-0.2, 0) is 10.0 Å². The standard InChI is InChI=1S/C17H18N2O5S/c1-11(2)24-14-8-9-16-15(10-14)18-17(20)19(25(16,21)22)12-4-6-13(23-3)7-5-12/h4-11H,1-3H3,(H,18,20). The fourth-order valence-corrected chi connectivity index (χ4v) is 4.01. The predicted octanol–water partition coefficient (Wildman–Crippen LogP) is 3.22. The van der Waals surface area contributed by atoms with Crippen molar-refractivity contribution in [2.75, 3.05) is 16.7 Å². The van der Waals surface area contributed by atoms with Gasteiger partial charge in [-0.15, -0.1) is 0 Å². The first-order valence-corrected chi connectivity index (χ1v) is 9.08. The number of benzene rings is 2. The molecule has 7 nitrogen and oxygen atoms in total. The molecule has 0 fully saturated rings. The van der Waals surface area contributed by atoms with Crippen molar-refractivity contribution in [1.82, 2.24) is 0 Å². The Morgan fingerprint density at radius 2 is 1.68 bits per heavy atom. The van der Waals surface area contributed by atoms with E-state index in [-0.39, 0.29) is 22.4 Å². The number of ether oxygens (including phenoxy) is 2. The number of carbonyl (C=O) groups excluding carboxylic acids is 1. The molecule has 25 heavy (non-hydrogen) atoms. The van der Waals surface area contributed by atoms with E-state index in [2.05, 4.69) is 5.32 Å². The van der Waals surface area contributed by atoms with E-state index in [1.165, 1.54) is 31.4 Å². The fourth-order valence-electron chi connectivity index (χ4n) is 2.52. The van der Waals surface area contributed by atoms with Crippen LogP contribution in [0.2, 0.25) is 0 Å². The molecule has 2 amide bonds. The lowest BCUT2D eigenvalue weighted by Crippen LogP contribution is -2.44. The SMILES string of the molecule is COc1ccc(N2C(=O)Nc3cc(OC(C)C)ccc3S2(=O)=O)cc1. The molecule has 1 N–H and O–H groups in total. The highest BCUT2D eigenvalue weighted by molar-refractivity contribution is 7.94. The van der Waals surface area contributed by atoms with Gasteiger partial charge in [-0.3, -0.25) is 0 Å². The molecule has 0 spiro atoms. The third-order valence-corrected chi connectivity index (χ3v) is 5.34. The van der Waals surface area contributed by atoms with Crippen molar-refractivity contribution in [3.8, 4) is 11.5 Å². The summed E-state index contributed by atoms with van der Waals surface area (Å²) in [5.74, 6) is 1.05. The Morgan fingerprint density at radius 3 is 2.28 bits per heavy atom. The van der Waals surface area contributed by atoms with Gasteiger partial charge in [0.05, 0.1) is 24.6 Å². The van der Waals surface area contributed by atoms with Crippen LogP contribution in [-0.4, -0.2) is 27.7 Å². The Morgan fingerprint density at radius 1 is 1.04 bits per heavy atom. The van der Waals surface area contributed by atoms with Gasteiger partial charge in [-0.25, -0.2) is 13.2 Å². The Bertz CT molecular complexity index is 907. The highest BCUT2D eigenvalue weighted by Crippen LogP contribution is 2.36. The zero-order valence-electron chi connectivity index (χ0n) is 14.0. The van der Waals surface area contributed by atoms with Gasteiger partial charge in [-0.05, 0) is 50.2 Å². The molecule has 8 heteroatoms. The maximum atomic E-state index is 12.9. The first kappa shape index (κ1) is 17.1. The molecular formula is C17H18N2O5S. The van der Waals surface area contributed by atoms with Crippen LogP contribution in [0.5, 0.6) is 11.5 Å². The van der Waals surface area contributed by atoms with E-state index in [9.17, 15) is 13.2 Å². The second-order valence-corrected chi connectivity index (χ2v) is 7.48. The molecule has 2 aromatic rings. The molecule has 0 aliphatic carbocycles. The van der Waals surface area contributed by atoms with Gasteiger partial charge in [0.2, 0.25) is 0 Å². The van der Waals surface area contributed by atoms with Gasteiger partial charge in [-0.1, -0.05) is 0 Å². The molecule has 0 aromatic heterocycles. The van der Waals surface area contributed by atoms with E-state index in [1.807, 2.05) is 13.8 Å². The van der Waals surface area contributed by atoms with Crippen molar-refractivity contribution >= 4 is 27.4 Å². The van der Waals surface area contributed by atoms with Gasteiger partial charge in [0.15, 0.2) is 0 Å². The van der Waals surface area contributed by atoms with Crippen molar-refractivity contribution in [2.24, 2.45) is 0 Å². The highest BCUT2D eigenvalue weighted by Gasteiger charge is 2.38. The van der Waals surface area contributed by atoms with Crippen molar-refractivity contribution in [2.45, 2.75) is 24.8 Å². The average molecular weight is 362 g/mol. The molecule has 2 aromatic carbocycles. The summed E-state index contributed by atoms with van der Waals surface area (Å²) in [6, 6.07) is 9.96. The van der Waals surface area contributed by atoms with Crippen LogP contribution < -0.4 is 19.1 Å². The molecular weight excluding hydrogens is 344 g/mol. The summed E-state index contributed by atoms with van der Waals surface area (Å²) in [5.41, 5.74) is 0.430. The minimum absolute atomic E-state index is 0.0130. The summed E-state index contributed by atoms with van der Waals surface area (Å²) in [4.78, 5) is 12.4. The summed E-state index contributed by atoms with van der Waals surface area (Å²) in [6.45, 7) is 3.72. The van der Waals surface area contributed by atoms with Gasteiger partial charge in [0, 0.05) is 6.07 Å². The van der Waals surface area contributed by atoms with Crippen molar-refractivity contribution in [3.05, 3.63) is 42.5 Å². The zero-order valence-corrected chi connectivity index (χ0v) is 14.8. The summed E-state index contributed by atoms with van der Waals surface area (Å²) in [7, 11) is -2.52. The molecule has 0 bridgehead atoms. The summed E-state index contributed by atoms with van der Waals surface area (Å²) in [5, 5.41) is 2.60. The van der Waals surface area contributed by atoms with E-state index in [0.717, 1.165) is 4.31 Å². The number of urea groups is 1. The number of nitrogens with one attached hydrogen (secondary N) is 1. The van der Waals surface area contributed by atoms with Crippen LogP contribution in [0.25, 0.3) is 0 Å². The molecule has 1 aliphatic rings. The lowest BCUT2D eigenvalue weighted by molar-refractivity contribution is 0.242. The number of carbonyl (C=O) groups is 1. The largest absolute Gasteiger partial charge is 0.497 e. The van der Waals surface area contributed by atoms with Crippen LogP contribution in [0.3, 0.4) is 0 Å². The normalized spacial score (nSPS) is 15.5. The molecule has 1 heterocycles. The number of hydrogen-bond donors (Lipinski definition) is 1. The lowest BCUT2D eigenvalue weighted by Gasteiger charge is -2.29. The molecule has 0 atom stereocenters. The quantitative estimate of drug-likeness (QED) is 0.903. The fraction of sp³-hybridized carbons (Fsp3) is 0.235. The first-order chi connectivity index (χ1) is 11.8. The van der Waals surface area contributed by atoms with Gasteiger partial charge < -0.3 is 14.8 Å². The Kier molecular flexibility index (Phi) is 4.30. The predicted molar refractivity (Wildman–Crippen MR) is 93.9 cm³/mol. The number of amides is 2. The number of sulfonamides is 1. The van der Waals surface area contributed by atoms with E-state index < -0.39 is 16.1 Å². The Hall–Kier alpha value is -2.74. The number of fused-ring (bicyclic) bond motifs is 1. The van der Waals surface area contributed by atoms with Gasteiger partial charge >= 0.3 is 6.03 Å². The maximum absolute atomic E-state index is 12.9. The number of rotatable bonds is 4. The number of methoxy groups -OCH3 is 1. The topological polar surface area (TPSA) is 84.9 Å². The van der Waals surface area contributed by atoms with E-state index in [1.54, 1.807) is 18.2 Å². The van der Waals surface area contributed by atoms with E-state index >= 15 is 0 Å². The summed E-state index contributed by atoms with van der Waals surface area (Å²) >= 11 is 0. The second kappa shape index (κ2) is 6.29. The molecule has 0 saturated carbocycles. The zero-order chi connectivity index (χ0) is 18.2.